The van der Waals surface area contributed by atoms with Gasteiger partial charge in [0.1, 0.15) is 11.6 Å². The number of pyridine rings is 2. The van der Waals surface area contributed by atoms with E-state index in [1.54, 1.807) is 24.5 Å². The number of para-hydroxylation sites is 1. The Balaban J connectivity index is 1.51. The van der Waals surface area contributed by atoms with Crippen molar-refractivity contribution in [1.29, 1.82) is 0 Å². The van der Waals surface area contributed by atoms with Crippen molar-refractivity contribution in [1.82, 2.24) is 9.97 Å². The van der Waals surface area contributed by atoms with E-state index >= 15 is 0 Å². The van der Waals surface area contributed by atoms with E-state index in [0.717, 1.165) is 29.7 Å². The summed E-state index contributed by atoms with van der Waals surface area (Å²) in [6, 6.07) is 12.7. The van der Waals surface area contributed by atoms with E-state index < -0.39 is 0 Å². The number of nitrogens with zero attached hydrogens (tertiary/aromatic N) is 2. The van der Waals surface area contributed by atoms with Gasteiger partial charge in [-0.3, -0.25) is 14.6 Å². The molecule has 1 fully saturated rings. The predicted molar refractivity (Wildman–Crippen MR) is 119 cm³/mol. The second-order valence-electron chi connectivity index (χ2n) is 7.77. The average molecular weight is 416 g/mol. The van der Waals surface area contributed by atoms with Crippen molar-refractivity contribution in [3.63, 3.8) is 0 Å². The van der Waals surface area contributed by atoms with Gasteiger partial charge in [0.25, 0.3) is 5.91 Å². The third-order valence-electron chi connectivity index (χ3n) is 4.78. The van der Waals surface area contributed by atoms with E-state index in [1.165, 1.54) is 6.20 Å². The maximum atomic E-state index is 12.8. The van der Waals surface area contributed by atoms with Crippen molar-refractivity contribution in [3.8, 4) is 16.9 Å². The van der Waals surface area contributed by atoms with Crippen molar-refractivity contribution in [2.24, 2.45) is 5.92 Å². The molecule has 158 valence electrons. The molecule has 2 aromatic heterocycles. The molecular formula is C24H24N4O3. The number of amides is 2. The standard InChI is InChI=1S/C24H24N4O3/c1-15(2)31-21-6-4-3-5-20(21)18-11-19(14-25-13-18)27-24(30)17-9-10-26-22(12-17)28-23(29)16-7-8-16/h3-6,9-16H,7-8H2,1-2H3,(H,27,30)(H,26,28,29). The van der Waals surface area contributed by atoms with Gasteiger partial charge in [0.05, 0.1) is 18.0 Å². The predicted octanol–water partition coefficient (Wildman–Crippen LogP) is 4.53. The smallest absolute Gasteiger partial charge is 0.255 e. The Kier molecular flexibility index (Phi) is 5.93. The Morgan fingerprint density at radius 3 is 2.65 bits per heavy atom. The Morgan fingerprint density at radius 2 is 1.87 bits per heavy atom. The van der Waals surface area contributed by atoms with E-state index in [2.05, 4.69) is 20.6 Å². The van der Waals surface area contributed by atoms with Crippen LogP contribution >= 0.6 is 0 Å². The lowest BCUT2D eigenvalue weighted by atomic mass is 10.1. The highest BCUT2D eigenvalue weighted by Crippen LogP contribution is 2.32. The van der Waals surface area contributed by atoms with E-state index in [1.807, 2.05) is 44.2 Å². The monoisotopic (exact) mass is 416 g/mol. The summed E-state index contributed by atoms with van der Waals surface area (Å²) in [5.41, 5.74) is 2.69. The fraction of sp³-hybridized carbons (Fsp3) is 0.250. The molecule has 1 aromatic carbocycles. The van der Waals surface area contributed by atoms with Gasteiger partial charge in [-0.25, -0.2) is 4.98 Å². The summed E-state index contributed by atoms with van der Waals surface area (Å²) in [6.45, 7) is 3.95. The van der Waals surface area contributed by atoms with Crippen LogP contribution in [0.15, 0.2) is 61.1 Å². The molecule has 0 aliphatic heterocycles. The van der Waals surface area contributed by atoms with Crippen LogP contribution in [0.25, 0.3) is 11.1 Å². The van der Waals surface area contributed by atoms with Gasteiger partial charge < -0.3 is 15.4 Å². The fourth-order valence-corrected chi connectivity index (χ4v) is 3.13. The van der Waals surface area contributed by atoms with Crippen LogP contribution in [0.3, 0.4) is 0 Å². The third kappa shape index (κ3) is 5.25. The third-order valence-corrected chi connectivity index (χ3v) is 4.78. The molecule has 7 heteroatoms. The van der Waals surface area contributed by atoms with Crippen molar-refractivity contribution in [2.45, 2.75) is 32.8 Å². The first-order valence-corrected chi connectivity index (χ1v) is 10.3. The van der Waals surface area contributed by atoms with Crippen LogP contribution in [0, 0.1) is 5.92 Å². The van der Waals surface area contributed by atoms with Gasteiger partial charge in [0.15, 0.2) is 0 Å². The highest BCUT2D eigenvalue weighted by molar-refractivity contribution is 6.05. The van der Waals surface area contributed by atoms with Gasteiger partial charge in [-0.2, -0.15) is 0 Å². The van der Waals surface area contributed by atoms with Gasteiger partial charge in [0, 0.05) is 35.0 Å². The summed E-state index contributed by atoms with van der Waals surface area (Å²) in [7, 11) is 0. The molecule has 1 saturated carbocycles. The zero-order valence-electron chi connectivity index (χ0n) is 17.5. The topological polar surface area (TPSA) is 93.2 Å². The normalized spacial score (nSPS) is 13.0. The molecule has 2 heterocycles. The molecule has 0 unspecified atom stereocenters. The number of nitrogens with one attached hydrogen (secondary N) is 2. The van der Waals surface area contributed by atoms with Gasteiger partial charge in [-0.15, -0.1) is 0 Å². The molecule has 2 N–H and O–H groups in total. The Labute approximate surface area is 180 Å². The number of anilines is 2. The van der Waals surface area contributed by atoms with Crippen LogP contribution in [0.1, 0.15) is 37.0 Å². The first kappa shape index (κ1) is 20.5. The second-order valence-corrected chi connectivity index (χ2v) is 7.77. The molecule has 2 amide bonds. The number of benzene rings is 1. The van der Waals surface area contributed by atoms with Gasteiger partial charge in [-0.1, -0.05) is 18.2 Å². The fourth-order valence-electron chi connectivity index (χ4n) is 3.13. The lowest BCUT2D eigenvalue weighted by Gasteiger charge is -2.14. The van der Waals surface area contributed by atoms with E-state index in [-0.39, 0.29) is 23.8 Å². The number of hydrogen-bond donors (Lipinski definition) is 2. The summed E-state index contributed by atoms with van der Waals surface area (Å²) in [5.74, 6) is 0.832. The zero-order chi connectivity index (χ0) is 21.8. The van der Waals surface area contributed by atoms with Crippen LogP contribution < -0.4 is 15.4 Å². The van der Waals surface area contributed by atoms with Crippen LogP contribution in [0.4, 0.5) is 11.5 Å². The summed E-state index contributed by atoms with van der Waals surface area (Å²) in [6.07, 6.45) is 6.67. The highest BCUT2D eigenvalue weighted by Gasteiger charge is 2.29. The van der Waals surface area contributed by atoms with Crippen LogP contribution in [0.5, 0.6) is 5.75 Å². The number of ether oxygens (including phenoxy) is 1. The molecule has 7 nitrogen and oxygen atoms in total. The first-order valence-electron chi connectivity index (χ1n) is 10.3. The van der Waals surface area contributed by atoms with Gasteiger partial charge >= 0.3 is 0 Å². The first-order chi connectivity index (χ1) is 15.0. The zero-order valence-corrected chi connectivity index (χ0v) is 17.5. The summed E-state index contributed by atoms with van der Waals surface area (Å²) < 4.78 is 5.90. The SMILES string of the molecule is CC(C)Oc1ccccc1-c1cncc(NC(=O)c2ccnc(NC(=O)C3CC3)c2)c1. The Bertz CT molecular complexity index is 1110. The Hall–Kier alpha value is -3.74. The van der Waals surface area contributed by atoms with E-state index in [0.29, 0.717) is 17.1 Å². The average Bonchev–Trinajstić information content (AvgIpc) is 3.60. The molecule has 3 aromatic rings. The summed E-state index contributed by atoms with van der Waals surface area (Å²) in [4.78, 5) is 33.1. The largest absolute Gasteiger partial charge is 0.490 e. The van der Waals surface area contributed by atoms with Gasteiger partial charge in [-0.05, 0) is 51.0 Å². The molecule has 0 atom stereocenters. The minimum atomic E-state index is -0.310. The molecular weight excluding hydrogens is 392 g/mol. The minimum absolute atomic E-state index is 0.0401. The lowest BCUT2D eigenvalue weighted by molar-refractivity contribution is -0.117. The maximum absolute atomic E-state index is 12.8. The highest BCUT2D eigenvalue weighted by atomic mass is 16.5. The van der Waals surface area contributed by atoms with E-state index in [9.17, 15) is 9.59 Å². The molecule has 31 heavy (non-hydrogen) atoms. The van der Waals surface area contributed by atoms with Crippen molar-refractivity contribution in [3.05, 3.63) is 66.6 Å². The number of carbonyl (C=O) groups excluding carboxylic acids is 2. The van der Waals surface area contributed by atoms with Crippen molar-refractivity contribution >= 4 is 23.3 Å². The van der Waals surface area contributed by atoms with E-state index in [4.69, 9.17) is 4.74 Å². The minimum Gasteiger partial charge on any atom is -0.490 e. The van der Waals surface area contributed by atoms with Crippen molar-refractivity contribution in [2.75, 3.05) is 10.6 Å². The molecule has 1 aliphatic carbocycles. The molecule has 0 saturated heterocycles. The summed E-state index contributed by atoms with van der Waals surface area (Å²) in [5, 5.41) is 5.62. The number of hydrogen-bond acceptors (Lipinski definition) is 5. The number of rotatable bonds is 7. The van der Waals surface area contributed by atoms with Gasteiger partial charge in [0.2, 0.25) is 5.91 Å². The number of carbonyl (C=O) groups is 2. The quantitative estimate of drug-likeness (QED) is 0.590. The Morgan fingerprint density at radius 1 is 1.06 bits per heavy atom. The second kappa shape index (κ2) is 8.95. The lowest BCUT2D eigenvalue weighted by Crippen LogP contribution is -2.16. The molecule has 0 spiro atoms. The molecule has 1 aliphatic rings. The molecule has 0 radical (unpaired) electrons. The van der Waals surface area contributed by atoms with Crippen molar-refractivity contribution < 1.29 is 14.3 Å². The summed E-state index contributed by atoms with van der Waals surface area (Å²) >= 11 is 0. The maximum Gasteiger partial charge on any atom is 0.255 e. The van der Waals surface area contributed by atoms with Crippen LogP contribution in [0.2, 0.25) is 0 Å². The molecule has 4 rings (SSSR count). The molecule has 0 bridgehead atoms. The van der Waals surface area contributed by atoms with Crippen LogP contribution in [-0.4, -0.2) is 27.9 Å². The van der Waals surface area contributed by atoms with Crippen LogP contribution in [-0.2, 0) is 4.79 Å². The number of aromatic nitrogens is 2.